The second-order valence-electron chi connectivity index (χ2n) is 7.24. The van der Waals surface area contributed by atoms with Crippen molar-refractivity contribution in [3.63, 3.8) is 0 Å². The highest BCUT2D eigenvalue weighted by Crippen LogP contribution is 2.09. The SMILES string of the molecule is CCC(=O)O.CCC/C=C(\NCC(=O)O)NC(CCCCNCc1ccc(Cl)cc1)C(=O)O. The number of unbranched alkanes of at least 4 members (excludes halogenated alkanes) is 2. The Hall–Kier alpha value is -2.78. The quantitative estimate of drug-likeness (QED) is 0.194. The Balaban J connectivity index is 0.00000184. The molecule has 0 radical (unpaired) electrons. The van der Waals surface area contributed by atoms with Crippen LogP contribution in [0.2, 0.25) is 5.02 Å². The van der Waals surface area contributed by atoms with E-state index in [1.807, 2.05) is 31.2 Å². The van der Waals surface area contributed by atoms with Crippen LogP contribution in [0.25, 0.3) is 0 Å². The van der Waals surface area contributed by atoms with Gasteiger partial charge in [0.2, 0.25) is 0 Å². The highest BCUT2D eigenvalue weighted by Gasteiger charge is 2.17. The molecule has 0 aromatic heterocycles. The van der Waals surface area contributed by atoms with Crippen LogP contribution in [0, 0.1) is 0 Å². The summed E-state index contributed by atoms with van der Waals surface area (Å²) >= 11 is 5.86. The van der Waals surface area contributed by atoms with Crippen LogP contribution in [0.15, 0.2) is 36.2 Å². The number of allylic oxidation sites excluding steroid dienone is 1. The molecule has 1 aromatic rings. The summed E-state index contributed by atoms with van der Waals surface area (Å²) in [5, 5.41) is 35.7. The molecular formula is C23H36ClN3O6. The van der Waals surface area contributed by atoms with Gasteiger partial charge in [-0.1, -0.05) is 44.0 Å². The smallest absolute Gasteiger partial charge is 0.326 e. The number of carbonyl (C=O) groups is 3. The molecule has 0 amide bonds. The summed E-state index contributed by atoms with van der Waals surface area (Å²) in [5.41, 5.74) is 1.14. The molecule has 1 rings (SSSR count). The zero-order chi connectivity index (χ0) is 25.1. The van der Waals surface area contributed by atoms with Crippen molar-refractivity contribution in [1.29, 1.82) is 0 Å². The van der Waals surface area contributed by atoms with Crippen LogP contribution in [0.3, 0.4) is 0 Å². The Kier molecular flexibility index (Phi) is 17.2. The van der Waals surface area contributed by atoms with E-state index >= 15 is 0 Å². The van der Waals surface area contributed by atoms with E-state index in [-0.39, 0.29) is 13.0 Å². The van der Waals surface area contributed by atoms with Crippen LogP contribution in [-0.2, 0) is 20.9 Å². The molecule has 10 heteroatoms. The summed E-state index contributed by atoms with van der Waals surface area (Å²) in [4.78, 5) is 31.6. The van der Waals surface area contributed by atoms with Crippen molar-refractivity contribution in [2.45, 2.75) is 65.0 Å². The first-order valence-electron chi connectivity index (χ1n) is 11.0. The highest BCUT2D eigenvalue weighted by atomic mass is 35.5. The van der Waals surface area contributed by atoms with E-state index in [4.69, 9.17) is 21.8 Å². The maximum Gasteiger partial charge on any atom is 0.326 e. The van der Waals surface area contributed by atoms with Gasteiger partial charge < -0.3 is 31.3 Å². The summed E-state index contributed by atoms with van der Waals surface area (Å²) in [5.74, 6) is -2.24. The van der Waals surface area contributed by atoms with Crippen LogP contribution < -0.4 is 16.0 Å². The molecule has 0 aliphatic heterocycles. The van der Waals surface area contributed by atoms with E-state index in [0.717, 1.165) is 44.3 Å². The molecule has 0 fully saturated rings. The molecular weight excluding hydrogens is 450 g/mol. The zero-order valence-electron chi connectivity index (χ0n) is 19.3. The minimum absolute atomic E-state index is 0.222. The monoisotopic (exact) mass is 485 g/mol. The largest absolute Gasteiger partial charge is 0.481 e. The molecule has 1 aromatic carbocycles. The summed E-state index contributed by atoms with van der Waals surface area (Å²) in [7, 11) is 0. The van der Waals surface area contributed by atoms with Crippen molar-refractivity contribution < 1.29 is 29.7 Å². The molecule has 0 saturated heterocycles. The number of carboxylic acid groups (broad SMARTS) is 3. The van der Waals surface area contributed by atoms with E-state index in [1.165, 1.54) is 0 Å². The lowest BCUT2D eigenvalue weighted by molar-refractivity contribution is -0.139. The molecule has 0 aliphatic rings. The summed E-state index contributed by atoms with van der Waals surface area (Å²) in [6, 6.07) is 6.87. The summed E-state index contributed by atoms with van der Waals surface area (Å²) < 4.78 is 0. The first-order chi connectivity index (χ1) is 15.7. The summed E-state index contributed by atoms with van der Waals surface area (Å²) in [6.45, 7) is 4.86. The average Bonchev–Trinajstić information content (AvgIpc) is 2.77. The molecule has 1 atom stereocenters. The molecule has 0 bridgehead atoms. The van der Waals surface area contributed by atoms with Crippen LogP contribution in [0.4, 0.5) is 0 Å². The average molecular weight is 486 g/mol. The molecule has 33 heavy (non-hydrogen) atoms. The van der Waals surface area contributed by atoms with Crippen LogP contribution >= 0.6 is 11.6 Å². The third-order valence-corrected chi connectivity index (χ3v) is 4.59. The van der Waals surface area contributed by atoms with Gasteiger partial charge in [-0.25, -0.2) is 4.79 Å². The Morgan fingerprint density at radius 1 is 1.03 bits per heavy atom. The van der Waals surface area contributed by atoms with E-state index in [0.29, 0.717) is 17.3 Å². The van der Waals surface area contributed by atoms with Crippen molar-refractivity contribution in [2.75, 3.05) is 13.1 Å². The van der Waals surface area contributed by atoms with Crippen molar-refractivity contribution in [3.8, 4) is 0 Å². The first kappa shape index (κ1) is 30.2. The second kappa shape index (κ2) is 18.8. The predicted molar refractivity (Wildman–Crippen MR) is 128 cm³/mol. The van der Waals surface area contributed by atoms with Gasteiger partial charge in [-0.2, -0.15) is 0 Å². The molecule has 1 unspecified atom stereocenters. The standard InChI is InChI=1S/C20H30ClN3O4.C3H6O2/c1-2-3-7-18(23-14-19(25)26)24-17(20(27)28)6-4-5-12-22-13-15-8-10-16(21)11-9-15;1-2-3(4)5/h7-11,17,22-24H,2-6,12-14H2,1H3,(H,25,26)(H,27,28);2H2,1H3,(H,4,5)/b18-7+;. The molecule has 6 N–H and O–H groups in total. The molecule has 0 saturated carbocycles. The van der Waals surface area contributed by atoms with Crippen LogP contribution in [-0.4, -0.2) is 52.4 Å². The van der Waals surface area contributed by atoms with Gasteiger partial charge in [-0.15, -0.1) is 0 Å². The number of benzene rings is 1. The number of aliphatic carboxylic acids is 3. The van der Waals surface area contributed by atoms with Crippen LogP contribution in [0.5, 0.6) is 0 Å². The number of carboxylic acids is 3. The fourth-order valence-electron chi connectivity index (χ4n) is 2.52. The normalized spacial score (nSPS) is 11.7. The third kappa shape index (κ3) is 17.5. The Morgan fingerprint density at radius 2 is 1.67 bits per heavy atom. The van der Waals surface area contributed by atoms with Crippen molar-refractivity contribution in [2.24, 2.45) is 0 Å². The predicted octanol–water partition coefficient (Wildman–Crippen LogP) is 3.44. The maximum atomic E-state index is 11.5. The van der Waals surface area contributed by atoms with E-state index in [1.54, 1.807) is 13.0 Å². The van der Waals surface area contributed by atoms with Gasteiger partial charge in [0.1, 0.15) is 12.6 Å². The fourth-order valence-corrected chi connectivity index (χ4v) is 2.65. The van der Waals surface area contributed by atoms with Crippen molar-refractivity contribution in [1.82, 2.24) is 16.0 Å². The Labute approximate surface area is 200 Å². The van der Waals surface area contributed by atoms with E-state index in [2.05, 4.69) is 16.0 Å². The Bertz CT molecular complexity index is 740. The van der Waals surface area contributed by atoms with Gasteiger partial charge in [0.25, 0.3) is 0 Å². The number of hydrogen-bond donors (Lipinski definition) is 6. The van der Waals surface area contributed by atoms with Gasteiger partial charge in [0.05, 0.1) is 5.82 Å². The number of nitrogens with one attached hydrogen (secondary N) is 3. The van der Waals surface area contributed by atoms with Crippen molar-refractivity contribution in [3.05, 3.63) is 46.7 Å². The Morgan fingerprint density at radius 3 is 2.18 bits per heavy atom. The topological polar surface area (TPSA) is 148 Å². The van der Waals surface area contributed by atoms with E-state index in [9.17, 15) is 19.5 Å². The lowest BCUT2D eigenvalue weighted by Crippen LogP contribution is -2.41. The lowest BCUT2D eigenvalue weighted by Gasteiger charge is -2.19. The fraction of sp³-hybridized carbons (Fsp3) is 0.522. The minimum atomic E-state index is -0.997. The minimum Gasteiger partial charge on any atom is -0.481 e. The maximum absolute atomic E-state index is 11.5. The van der Waals surface area contributed by atoms with Gasteiger partial charge in [0, 0.05) is 18.0 Å². The lowest BCUT2D eigenvalue weighted by atomic mass is 10.1. The van der Waals surface area contributed by atoms with Crippen LogP contribution in [0.1, 0.15) is 57.9 Å². The highest BCUT2D eigenvalue weighted by molar-refractivity contribution is 6.30. The van der Waals surface area contributed by atoms with Gasteiger partial charge in [-0.05, 0) is 56.0 Å². The molecule has 9 nitrogen and oxygen atoms in total. The van der Waals surface area contributed by atoms with Gasteiger partial charge in [0.15, 0.2) is 0 Å². The van der Waals surface area contributed by atoms with Gasteiger partial charge in [-0.3, -0.25) is 9.59 Å². The molecule has 0 spiro atoms. The second-order valence-corrected chi connectivity index (χ2v) is 7.67. The third-order valence-electron chi connectivity index (χ3n) is 4.34. The molecule has 0 aliphatic carbocycles. The molecule has 0 heterocycles. The van der Waals surface area contributed by atoms with Crippen molar-refractivity contribution >= 4 is 29.5 Å². The zero-order valence-corrected chi connectivity index (χ0v) is 20.0. The molecule has 186 valence electrons. The number of rotatable bonds is 16. The number of halogens is 1. The van der Waals surface area contributed by atoms with E-state index < -0.39 is 23.9 Å². The number of hydrogen-bond acceptors (Lipinski definition) is 6. The first-order valence-corrected chi connectivity index (χ1v) is 11.4. The van der Waals surface area contributed by atoms with Gasteiger partial charge >= 0.3 is 17.9 Å². The summed E-state index contributed by atoms with van der Waals surface area (Å²) in [6.07, 6.45) is 5.67.